The molecule has 2 atom stereocenters. The average Bonchev–Trinajstić information content (AvgIpc) is 3.44. The van der Waals surface area contributed by atoms with Crippen LogP contribution in [0.4, 0.5) is 23.7 Å². The van der Waals surface area contributed by atoms with Gasteiger partial charge in [0.25, 0.3) is 11.8 Å². The van der Waals surface area contributed by atoms with Gasteiger partial charge in [-0.15, -0.1) is 0 Å². The van der Waals surface area contributed by atoms with Crippen molar-refractivity contribution in [3.05, 3.63) is 65.7 Å². The first kappa shape index (κ1) is 35.6. The molecule has 0 saturated carbocycles. The molecule has 0 aromatic heterocycles. The normalized spacial score (nSPS) is 15.3. The molecule has 0 aliphatic carbocycles. The van der Waals surface area contributed by atoms with E-state index in [9.17, 15) is 27.6 Å². The van der Waals surface area contributed by atoms with Crippen molar-refractivity contribution in [1.29, 1.82) is 5.26 Å². The molecule has 1 unspecified atom stereocenters. The lowest BCUT2D eigenvalue weighted by Crippen LogP contribution is -2.46. The van der Waals surface area contributed by atoms with Gasteiger partial charge >= 0.3 is 18.2 Å². The van der Waals surface area contributed by atoms with E-state index in [2.05, 4.69) is 27.7 Å². The molecule has 0 spiro atoms. The van der Waals surface area contributed by atoms with Crippen LogP contribution in [0.15, 0.2) is 54.6 Å². The Morgan fingerprint density at radius 3 is 2.18 bits per heavy atom. The minimum absolute atomic E-state index is 0.121. The lowest BCUT2D eigenvalue weighted by Gasteiger charge is -2.25. The number of aliphatic carboxylic acids is 1. The zero-order chi connectivity index (χ0) is 33.0. The number of likely N-dealkylation sites (tertiary alicyclic amines) is 1. The highest BCUT2D eigenvalue weighted by Gasteiger charge is 2.38. The van der Waals surface area contributed by atoms with Crippen LogP contribution in [-0.4, -0.2) is 89.1 Å². The molecule has 14 heteroatoms. The number of urea groups is 1. The quantitative estimate of drug-likeness (QED) is 0.283. The number of hydrogen-bond donors (Lipinski definition) is 3. The molecule has 3 N–H and O–H groups in total. The fourth-order valence-corrected chi connectivity index (χ4v) is 4.41. The van der Waals surface area contributed by atoms with E-state index in [1.165, 1.54) is 12.6 Å². The van der Waals surface area contributed by atoms with Crippen molar-refractivity contribution in [2.45, 2.75) is 51.5 Å². The Hall–Kier alpha value is -4.64. The Labute approximate surface area is 254 Å². The van der Waals surface area contributed by atoms with Gasteiger partial charge in [0.1, 0.15) is 6.04 Å². The second kappa shape index (κ2) is 16.3. The first-order chi connectivity index (χ1) is 20.6. The third-order valence-corrected chi connectivity index (χ3v) is 6.80. The summed E-state index contributed by atoms with van der Waals surface area (Å²) in [5, 5.41) is 21.8. The number of nitriles is 1. The van der Waals surface area contributed by atoms with Crippen LogP contribution in [-0.2, 0) is 16.1 Å². The molecular formula is C30H37F3N6O5. The van der Waals surface area contributed by atoms with E-state index in [-0.39, 0.29) is 18.0 Å². The average molecular weight is 619 g/mol. The van der Waals surface area contributed by atoms with Crippen LogP contribution >= 0.6 is 0 Å². The fourth-order valence-electron chi connectivity index (χ4n) is 4.41. The molecule has 1 saturated heterocycles. The lowest BCUT2D eigenvalue weighted by atomic mass is 10.0. The number of rotatable bonds is 9. The highest BCUT2D eigenvalue weighted by atomic mass is 19.4. The highest BCUT2D eigenvalue weighted by Crippen LogP contribution is 2.19. The molecule has 1 heterocycles. The number of carbonyl (C=O) groups is 4. The van der Waals surface area contributed by atoms with Crippen molar-refractivity contribution in [2.24, 2.45) is 5.92 Å². The van der Waals surface area contributed by atoms with E-state index < -0.39 is 30.0 Å². The molecular weight excluding hydrogens is 581 g/mol. The van der Waals surface area contributed by atoms with Crippen molar-refractivity contribution in [2.75, 3.05) is 32.5 Å². The van der Waals surface area contributed by atoms with Gasteiger partial charge in [-0.1, -0.05) is 44.2 Å². The van der Waals surface area contributed by atoms with E-state index in [4.69, 9.17) is 15.2 Å². The molecule has 1 aliphatic heterocycles. The summed E-state index contributed by atoms with van der Waals surface area (Å²) in [5.74, 6) is -3.47. The number of hydrogen-bond acceptors (Lipinski definition) is 6. The van der Waals surface area contributed by atoms with E-state index in [1.807, 2.05) is 32.0 Å². The summed E-state index contributed by atoms with van der Waals surface area (Å²) >= 11 is 0. The molecule has 238 valence electrons. The number of halogens is 3. The number of alkyl halides is 3. The number of nitrogens with one attached hydrogen (secondary N) is 2. The van der Waals surface area contributed by atoms with E-state index >= 15 is 0 Å². The van der Waals surface area contributed by atoms with Gasteiger partial charge in [0.2, 0.25) is 0 Å². The first-order valence-corrected chi connectivity index (χ1v) is 13.8. The monoisotopic (exact) mass is 618 g/mol. The summed E-state index contributed by atoms with van der Waals surface area (Å²) in [6, 6.07) is 16.0. The van der Waals surface area contributed by atoms with Gasteiger partial charge in [0.15, 0.2) is 6.19 Å². The number of carbonyl (C=O) groups excluding carboxylic acids is 3. The maximum Gasteiger partial charge on any atom is 0.490 e. The minimum Gasteiger partial charge on any atom is -0.475 e. The summed E-state index contributed by atoms with van der Waals surface area (Å²) in [5.41, 5.74) is 2.20. The minimum atomic E-state index is -5.08. The number of benzene rings is 2. The SMILES string of the molecule is CC(C)C[C@H](NC(=O)c1ccc(NC(=O)N(C)C2CCN(Cc3ccccc3)C2)cc1)C(=O)N(C)C#N.O=C(O)C(F)(F)F. The van der Waals surface area contributed by atoms with E-state index in [0.717, 1.165) is 31.0 Å². The first-order valence-electron chi connectivity index (χ1n) is 13.8. The Bertz CT molecular complexity index is 1320. The summed E-state index contributed by atoms with van der Waals surface area (Å²) < 4.78 is 31.7. The molecule has 2 aromatic carbocycles. The lowest BCUT2D eigenvalue weighted by molar-refractivity contribution is -0.192. The molecule has 3 rings (SSSR count). The van der Waals surface area contributed by atoms with Crippen LogP contribution in [0.3, 0.4) is 0 Å². The maximum absolute atomic E-state index is 12.8. The van der Waals surface area contributed by atoms with Crippen molar-refractivity contribution >= 4 is 29.5 Å². The fraction of sp³-hybridized carbons (Fsp3) is 0.433. The third-order valence-electron chi connectivity index (χ3n) is 6.80. The van der Waals surface area contributed by atoms with Crippen LogP contribution in [0.2, 0.25) is 0 Å². The summed E-state index contributed by atoms with van der Waals surface area (Å²) in [4.78, 5) is 52.0. The molecule has 4 amide bonds. The largest absolute Gasteiger partial charge is 0.490 e. The molecule has 44 heavy (non-hydrogen) atoms. The number of likely N-dealkylation sites (N-methyl/N-ethyl adjacent to an activating group) is 2. The Kier molecular flexibility index (Phi) is 13.2. The molecule has 1 fully saturated rings. The molecule has 11 nitrogen and oxygen atoms in total. The summed E-state index contributed by atoms with van der Waals surface area (Å²) in [6.07, 6.45) is -1.97. The predicted molar refractivity (Wildman–Crippen MR) is 156 cm³/mol. The van der Waals surface area contributed by atoms with Gasteiger partial charge in [-0.25, -0.2) is 9.59 Å². The standard InChI is InChI=1S/C28H36N6O3.C2HF3O2/c1-20(2)16-25(27(36)32(3)19-29)31-26(35)22-10-12-23(13-11-22)30-28(37)33(4)24-14-15-34(18-24)17-21-8-6-5-7-9-21;3-2(4,5)1(6)7/h5-13,20,24-25H,14-18H2,1-4H3,(H,30,37)(H,31,35);(H,6,7)/t24?,25-;/m0./s1. The number of anilines is 1. The topological polar surface area (TPSA) is 146 Å². The Balaban J connectivity index is 0.000000860. The van der Waals surface area contributed by atoms with Crippen LogP contribution < -0.4 is 10.6 Å². The van der Waals surface area contributed by atoms with Crippen molar-refractivity contribution in [1.82, 2.24) is 20.0 Å². The second-order valence-corrected chi connectivity index (χ2v) is 10.7. The summed E-state index contributed by atoms with van der Waals surface area (Å²) in [6.45, 7) is 6.51. The van der Waals surface area contributed by atoms with Gasteiger partial charge in [-0.3, -0.25) is 19.4 Å². The number of carboxylic acids is 1. The van der Waals surface area contributed by atoms with E-state index in [0.29, 0.717) is 17.7 Å². The molecule has 0 bridgehead atoms. The highest BCUT2D eigenvalue weighted by molar-refractivity contribution is 5.98. The van der Waals surface area contributed by atoms with Gasteiger partial charge in [0.05, 0.1) is 0 Å². The third kappa shape index (κ3) is 11.2. The Morgan fingerprint density at radius 2 is 1.66 bits per heavy atom. The number of carboxylic acid groups (broad SMARTS) is 1. The van der Waals surface area contributed by atoms with Gasteiger partial charge in [-0.05, 0) is 48.6 Å². The van der Waals surface area contributed by atoms with E-state index in [1.54, 1.807) is 42.4 Å². The van der Waals surface area contributed by atoms with Crippen molar-refractivity contribution in [3.8, 4) is 6.19 Å². The zero-order valence-corrected chi connectivity index (χ0v) is 25.0. The van der Waals surface area contributed by atoms with Crippen LogP contribution in [0.25, 0.3) is 0 Å². The van der Waals surface area contributed by atoms with Crippen molar-refractivity contribution < 1.29 is 37.5 Å². The second-order valence-electron chi connectivity index (χ2n) is 10.7. The number of amides is 4. The predicted octanol–water partition coefficient (Wildman–Crippen LogP) is 4.14. The molecule has 0 radical (unpaired) electrons. The van der Waals surface area contributed by atoms with Crippen molar-refractivity contribution in [3.63, 3.8) is 0 Å². The number of nitrogens with zero attached hydrogens (tertiary/aromatic N) is 4. The zero-order valence-electron chi connectivity index (χ0n) is 25.0. The van der Waals surface area contributed by atoms with Gasteiger partial charge in [0, 0.05) is 51.0 Å². The molecule has 1 aliphatic rings. The smallest absolute Gasteiger partial charge is 0.475 e. The van der Waals surface area contributed by atoms with Gasteiger partial charge in [-0.2, -0.15) is 18.4 Å². The van der Waals surface area contributed by atoms with Crippen LogP contribution in [0.1, 0.15) is 42.6 Å². The summed E-state index contributed by atoms with van der Waals surface area (Å²) in [7, 11) is 3.18. The van der Waals surface area contributed by atoms with Crippen LogP contribution in [0.5, 0.6) is 0 Å². The Morgan fingerprint density at radius 1 is 1.07 bits per heavy atom. The maximum atomic E-state index is 12.8. The van der Waals surface area contributed by atoms with Crippen LogP contribution in [0, 0.1) is 17.4 Å². The molecule has 2 aromatic rings. The van der Waals surface area contributed by atoms with Gasteiger partial charge < -0.3 is 20.6 Å².